The van der Waals surface area contributed by atoms with Gasteiger partial charge in [-0.1, -0.05) is 35.9 Å². The van der Waals surface area contributed by atoms with E-state index in [1.165, 1.54) is 5.56 Å². The summed E-state index contributed by atoms with van der Waals surface area (Å²) in [5.41, 5.74) is 3.18. The van der Waals surface area contributed by atoms with Crippen molar-refractivity contribution in [2.75, 3.05) is 18.6 Å². The molecule has 2 N–H and O–H groups in total. The lowest BCUT2D eigenvalue weighted by molar-refractivity contribution is 0.165. The predicted molar refractivity (Wildman–Crippen MR) is 104 cm³/mol. The lowest BCUT2D eigenvalue weighted by atomic mass is 10.1. The van der Waals surface area contributed by atoms with Crippen molar-refractivity contribution < 1.29 is 23.0 Å². The Hall–Kier alpha value is -2.09. The largest absolute Gasteiger partial charge is 0.493 e. The van der Waals surface area contributed by atoms with Gasteiger partial charge in [-0.15, -0.1) is 0 Å². The molecule has 0 unspecified atom stereocenters. The maximum Gasteiger partial charge on any atom is 0.161 e. The van der Waals surface area contributed by atoms with E-state index in [0.29, 0.717) is 24.7 Å². The molecule has 0 spiro atoms. The summed E-state index contributed by atoms with van der Waals surface area (Å²) in [6, 6.07) is 13.3. The highest BCUT2D eigenvalue weighted by Crippen LogP contribution is 2.29. The van der Waals surface area contributed by atoms with Crippen LogP contribution in [0.1, 0.15) is 16.7 Å². The number of aliphatic hydroxyl groups excluding tert-OH is 1. The van der Waals surface area contributed by atoms with E-state index in [0.717, 1.165) is 11.1 Å². The number of benzene rings is 2. The van der Waals surface area contributed by atoms with Gasteiger partial charge in [0.05, 0.1) is 24.7 Å². The Morgan fingerprint density at radius 2 is 1.78 bits per heavy atom. The minimum absolute atomic E-state index is 0.0406. The van der Waals surface area contributed by atoms with Crippen molar-refractivity contribution in [1.29, 1.82) is 0 Å². The van der Waals surface area contributed by atoms with Crippen LogP contribution in [0.3, 0.4) is 0 Å². The van der Waals surface area contributed by atoms with Crippen molar-refractivity contribution in [2.24, 2.45) is 0 Å². The van der Waals surface area contributed by atoms with E-state index >= 15 is 0 Å². The molecular formula is C20H25NO5S. The molecule has 0 aliphatic carbocycles. The van der Waals surface area contributed by atoms with Gasteiger partial charge in [-0.25, -0.2) is 8.42 Å². The fourth-order valence-corrected chi connectivity index (χ4v) is 4.84. The number of rotatable bonds is 7. The standard InChI is InChI=1S/C20H25NO5S/c1-14-3-5-15(6-4-14)11-26-20-9-16(7-8-19(20)25-2)10-21-17-12-27(23,24)13-18(17)22/h3-9,17-18,21-22H,10-13H2,1-2H3/t17-,18-/m1/s1. The molecule has 1 aliphatic rings. The van der Waals surface area contributed by atoms with Crippen LogP contribution in [0.15, 0.2) is 42.5 Å². The van der Waals surface area contributed by atoms with Gasteiger partial charge in [0.15, 0.2) is 21.3 Å². The molecule has 0 radical (unpaired) electrons. The van der Waals surface area contributed by atoms with E-state index in [9.17, 15) is 13.5 Å². The van der Waals surface area contributed by atoms with Crippen LogP contribution in [-0.4, -0.2) is 44.3 Å². The zero-order valence-corrected chi connectivity index (χ0v) is 16.3. The molecule has 27 heavy (non-hydrogen) atoms. The first-order chi connectivity index (χ1) is 12.9. The average Bonchev–Trinajstić information content (AvgIpc) is 2.91. The Kier molecular flexibility index (Phi) is 6.04. The van der Waals surface area contributed by atoms with Crippen molar-refractivity contribution in [3.05, 3.63) is 59.2 Å². The van der Waals surface area contributed by atoms with Gasteiger partial charge >= 0.3 is 0 Å². The third-order valence-electron chi connectivity index (χ3n) is 4.63. The third-order valence-corrected chi connectivity index (χ3v) is 6.35. The number of ether oxygens (including phenoxy) is 2. The van der Waals surface area contributed by atoms with E-state index in [1.54, 1.807) is 7.11 Å². The molecule has 6 nitrogen and oxygen atoms in total. The number of sulfone groups is 1. The second-order valence-corrected chi connectivity index (χ2v) is 9.04. The summed E-state index contributed by atoms with van der Waals surface area (Å²) in [7, 11) is -1.58. The molecule has 2 aromatic rings. The highest BCUT2D eigenvalue weighted by atomic mass is 32.2. The summed E-state index contributed by atoms with van der Waals surface area (Å²) in [6.45, 7) is 2.89. The highest BCUT2D eigenvalue weighted by molar-refractivity contribution is 7.91. The molecule has 7 heteroatoms. The van der Waals surface area contributed by atoms with Crippen LogP contribution < -0.4 is 14.8 Å². The van der Waals surface area contributed by atoms with E-state index in [2.05, 4.69) is 5.32 Å². The first kappa shape index (κ1) is 19.7. The molecule has 1 saturated heterocycles. The Morgan fingerprint density at radius 1 is 1.07 bits per heavy atom. The van der Waals surface area contributed by atoms with Crippen LogP contribution in [-0.2, 0) is 23.0 Å². The number of aryl methyl sites for hydroxylation is 1. The van der Waals surface area contributed by atoms with Crippen LogP contribution in [0.5, 0.6) is 11.5 Å². The third kappa shape index (κ3) is 5.22. The highest BCUT2D eigenvalue weighted by Gasteiger charge is 2.35. The molecular weight excluding hydrogens is 366 g/mol. The molecule has 0 aromatic heterocycles. The van der Waals surface area contributed by atoms with Gasteiger partial charge in [0.2, 0.25) is 0 Å². The lowest BCUT2D eigenvalue weighted by Crippen LogP contribution is -2.38. The van der Waals surface area contributed by atoms with Gasteiger partial charge < -0.3 is 19.9 Å². The van der Waals surface area contributed by atoms with Crippen molar-refractivity contribution in [1.82, 2.24) is 5.32 Å². The summed E-state index contributed by atoms with van der Waals surface area (Å²) in [6.07, 6.45) is -0.870. The fraction of sp³-hybridized carbons (Fsp3) is 0.400. The number of hydrogen-bond donors (Lipinski definition) is 2. The van der Waals surface area contributed by atoms with Gasteiger partial charge in [-0.2, -0.15) is 0 Å². The van der Waals surface area contributed by atoms with Crippen molar-refractivity contribution >= 4 is 9.84 Å². The summed E-state index contributed by atoms with van der Waals surface area (Å²) in [4.78, 5) is 0. The predicted octanol–water partition coefficient (Wildman–Crippen LogP) is 1.83. The maximum atomic E-state index is 11.6. The Bertz CT molecular complexity index is 880. The SMILES string of the molecule is COc1ccc(CN[C@@H]2CS(=O)(=O)C[C@H]2O)cc1OCc1ccc(C)cc1. The van der Waals surface area contributed by atoms with Gasteiger partial charge in [0, 0.05) is 12.6 Å². The van der Waals surface area contributed by atoms with Gasteiger partial charge in [0.1, 0.15) is 6.61 Å². The minimum Gasteiger partial charge on any atom is -0.493 e. The molecule has 0 saturated carbocycles. The van der Waals surface area contributed by atoms with Gasteiger partial charge in [0.25, 0.3) is 0 Å². The van der Waals surface area contributed by atoms with Crippen molar-refractivity contribution in [2.45, 2.75) is 32.2 Å². The van der Waals surface area contributed by atoms with Crippen LogP contribution in [0.25, 0.3) is 0 Å². The van der Waals surface area contributed by atoms with E-state index in [-0.39, 0.29) is 11.5 Å². The zero-order chi connectivity index (χ0) is 19.4. The maximum absolute atomic E-state index is 11.6. The molecule has 0 amide bonds. The molecule has 3 rings (SSSR count). The molecule has 1 heterocycles. The molecule has 2 aromatic carbocycles. The number of hydrogen-bond acceptors (Lipinski definition) is 6. The average molecular weight is 391 g/mol. The van der Waals surface area contributed by atoms with Gasteiger partial charge in [-0.3, -0.25) is 0 Å². The first-order valence-corrected chi connectivity index (χ1v) is 10.7. The van der Waals surface area contributed by atoms with E-state index < -0.39 is 22.0 Å². The lowest BCUT2D eigenvalue weighted by Gasteiger charge is -2.16. The van der Waals surface area contributed by atoms with Crippen LogP contribution in [0.4, 0.5) is 0 Å². The summed E-state index contributed by atoms with van der Waals surface area (Å²) < 4.78 is 34.5. The van der Waals surface area contributed by atoms with Crippen molar-refractivity contribution in [3.63, 3.8) is 0 Å². The van der Waals surface area contributed by atoms with Crippen LogP contribution in [0, 0.1) is 6.92 Å². The monoisotopic (exact) mass is 391 g/mol. The zero-order valence-electron chi connectivity index (χ0n) is 15.5. The molecule has 146 valence electrons. The summed E-state index contributed by atoms with van der Waals surface area (Å²) >= 11 is 0. The number of aliphatic hydroxyl groups is 1. The van der Waals surface area contributed by atoms with Crippen molar-refractivity contribution in [3.8, 4) is 11.5 Å². The smallest absolute Gasteiger partial charge is 0.161 e. The summed E-state index contributed by atoms with van der Waals surface area (Å²) in [5, 5.41) is 13.0. The molecule has 1 aliphatic heterocycles. The second kappa shape index (κ2) is 8.29. The topological polar surface area (TPSA) is 84.9 Å². The molecule has 2 atom stereocenters. The normalized spacial score (nSPS) is 21.1. The quantitative estimate of drug-likeness (QED) is 0.749. The minimum atomic E-state index is -3.17. The molecule has 1 fully saturated rings. The van der Waals surface area contributed by atoms with E-state index in [1.807, 2.05) is 49.4 Å². The molecule has 0 bridgehead atoms. The van der Waals surface area contributed by atoms with Gasteiger partial charge in [-0.05, 0) is 30.2 Å². The number of methoxy groups -OCH3 is 1. The van der Waals surface area contributed by atoms with Crippen LogP contribution >= 0.6 is 0 Å². The Morgan fingerprint density at radius 3 is 2.41 bits per heavy atom. The van der Waals surface area contributed by atoms with Crippen LogP contribution in [0.2, 0.25) is 0 Å². The Balaban J connectivity index is 1.65. The Labute approximate surface area is 160 Å². The summed E-state index contributed by atoms with van der Waals surface area (Å²) in [5.74, 6) is 1.03. The number of nitrogens with one attached hydrogen (secondary N) is 1. The first-order valence-electron chi connectivity index (χ1n) is 8.83. The second-order valence-electron chi connectivity index (χ2n) is 6.89. The fourth-order valence-electron chi connectivity index (χ4n) is 3.06. The van der Waals surface area contributed by atoms with E-state index in [4.69, 9.17) is 9.47 Å².